The Morgan fingerprint density at radius 3 is 2.27 bits per heavy atom. The van der Waals surface area contributed by atoms with E-state index in [1.807, 2.05) is 0 Å². The molecule has 9 heteroatoms. The highest BCUT2D eigenvalue weighted by Crippen LogP contribution is 2.26. The van der Waals surface area contributed by atoms with Gasteiger partial charge in [0.15, 0.2) is 0 Å². The van der Waals surface area contributed by atoms with Crippen LogP contribution in [0.5, 0.6) is 0 Å². The average molecular weight is 487 g/mol. The third-order valence-electron chi connectivity index (χ3n) is 4.84. The number of rotatable bonds is 8. The summed E-state index contributed by atoms with van der Waals surface area (Å²) in [5, 5.41) is 3.14. The van der Waals surface area contributed by atoms with Crippen LogP contribution in [0.2, 0.25) is 5.02 Å². The van der Waals surface area contributed by atoms with Gasteiger partial charge in [-0.25, -0.2) is 13.2 Å². The summed E-state index contributed by atoms with van der Waals surface area (Å²) in [4.78, 5) is 25.1. The SMILES string of the molecule is CCOC(=O)c1cccc(NC(=O)CN(c2ccc(Cl)cc2)S(=O)(=O)c2ccccc2)c1C. The summed E-state index contributed by atoms with van der Waals surface area (Å²) >= 11 is 5.96. The van der Waals surface area contributed by atoms with E-state index in [2.05, 4.69) is 5.32 Å². The Labute approximate surface area is 198 Å². The summed E-state index contributed by atoms with van der Waals surface area (Å²) in [5.41, 5.74) is 1.52. The minimum Gasteiger partial charge on any atom is -0.462 e. The zero-order chi connectivity index (χ0) is 24.0. The second kappa shape index (κ2) is 10.5. The molecule has 0 aromatic heterocycles. The summed E-state index contributed by atoms with van der Waals surface area (Å²) in [6, 6.07) is 18.9. The zero-order valence-electron chi connectivity index (χ0n) is 18.1. The van der Waals surface area contributed by atoms with Crippen LogP contribution < -0.4 is 9.62 Å². The van der Waals surface area contributed by atoms with E-state index in [1.54, 1.807) is 62.4 Å². The molecular weight excluding hydrogens is 464 g/mol. The number of carbonyl (C=O) groups excluding carboxylic acids is 2. The predicted molar refractivity (Wildman–Crippen MR) is 128 cm³/mol. The van der Waals surface area contributed by atoms with E-state index in [-0.39, 0.29) is 17.2 Å². The molecule has 0 bridgehead atoms. The van der Waals surface area contributed by atoms with Crippen molar-refractivity contribution in [2.45, 2.75) is 18.7 Å². The van der Waals surface area contributed by atoms with Crippen LogP contribution in [-0.2, 0) is 19.6 Å². The highest BCUT2D eigenvalue weighted by atomic mass is 35.5. The minimum absolute atomic E-state index is 0.0493. The molecule has 3 aromatic rings. The first kappa shape index (κ1) is 24.3. The standard InChI is InChI=1S/C24H23ClN2O5S/c1-3-32-24(29)21-10-7-11-22(17(21)2)26-23(28)16-27(19-14-12-18(25)13-15-19)33(30,31)20-8-5-4-6-9-20/h4-15H,3,16H2,1-2H3,(H,26,28). The van der Waals surface area contributed by atoms with E-state index >= 15 is 0 Å². The fraction of sp³-hybridized carbons (Fsp3) is 0.167. The summed E-state index contributed by atoms with van der Waals surface area (Å²) < 4.78 is 32.7. The Kier molecular flexibility index (Phi) is 7.73. The van der Waals surface area contributed by atoms with Gasteiger partial charge in [-0.1, -0.05) is 35.9 Å². The molecule has 0 heterocycles. The summed E-state index contributed by atoms with van der Waals surface area (Å²) in [5.74, 6) is -1.07. The molecule has 172 valence electrons. The van der Waals surface area contributed by atoms with Crippen molar-refractivity contribution in [3.05, 3.63) is 88.9 Å². The number of halogens is 1. The molecule has 7 nitrogen and oxygen atoms in total. The number of hydrogen-bond donors (Lipinski definition) is 1. The second-order valence-corrected chi connectivity index (χ2v) is 9.35. The minimum atomic E-state index is -4.04. The van der Waals surface area contributed by atoms with Gasteiger partial charge in [-0.2, -0.15) is 0 Å². The number of nitrogens with zero attached hydrogens (tertiary/aromatic N) is 1. The smallest absolute Gasteiger partial charge is 0.338 e. The van der Waals surface area contributed by atoms with Crippen molar-refractivity contribution in [2.24, 2.45) is 0 Å². The number of benzene rings is 3. The van der Waals surface area contributed by atoms with Gasteiger partial charge >= 0.3 is 5.97 Å². The number of anilines is 2. The Morgan fingerprint density at radius 2 is 1.64 bits per heavy atom. The lowest BCUT2D eigenvalue weighted by atomic mass is 10.1. The van der Waals surface area contributed by atoms with Crippen molar-refractivity contribution >= 4 is 44.9 Å². The molecule has 0 aliphatic carbocycles. The monoisotopic (exact) mass is 486 g/mol. The van der Waals surface area contributed by atoms with Crippen molar-refractivity contribution in [2.75, 3.05) is 22.8 Å². The van der Waals surface area contributed by atoms with E-state index in [0.29, 0.717) is 21.8 Å². The molecule has 0 saturated heterocycles. The molecule has 0 aliphatic heterocycles. The van der Waals surface area contributed by atoms with Gasteiger partial charge in [-0.05, 0) is 67.9 Å². The highest BCUT2D eigenvalue weighted by molar-refractivity contribution is 7.92. The summed E-state index contributed by atoms with van der Waals surface area (Å²) in [6.45, 7) is 3.13. The Balaban J connectivity index is 1.91. The van der Waals surface area contributed by atoms with Crippen LogP contribution in [0, 0.1) is 6.92 Å². The molecule has 1 amide bonds. The van der Waals surface area contributed by atoms with Crippen molar-refractivity contribution in [1.82, 2.24) is 0 Å². The molecule has 3 aromatic carbocycles. The lowest BCUT2D eigenvalue weighted by Gasteiger charge is -2.24. The zero-order valence-corrected chi connectivity index (χ0v) is 19.7. The molecule has 0 aliphatic rings. The van der Waals surface area contributed by atoms with Crippen molar-refractivity contribution in [3.8, 4) is 0 Å². The first-order chi connectivity index (χ1) is 15.7. The molecule has 1 N–H and O–H groups in total. The van der Waals surface area contributed by atoms with Crippen LogP contribution in [0.1, 0.15) is 22.8 Å². The third kappa shape index (κ3) is 5.71. The largest absolute Gasteiger partial charge is 0.462 e. The molecule has 0 fully saturated rings. The van der Waals surface area contributed by atoms with Gasteiger partial charge in [0.05, 0.1) is 22.8 Å². The Morgan fingerprint density at radius 1 is 0.970 bits per heavy atom. The predicted octanol–water partition coefficient (Wildman–Crippen LogP) is 4.66. The third-order valence-corrected chi connectivity index (χ3v) is 6.88. The number of ether oxygens (including phenoxy) is 1. The van der Waals surface area contributed by atoms with Gasteiger partial charge in [-0.15, -0.1) is 0 Å². The molecule has 3 rings (SSSR count). The first-order valence-corrected chi connectivity index (χ1v) is 12.0. The van der Waals surface area contributed by atoms with Crippen molar-refractivity contribution in [3.63, 3.8) is 0 Å². The average Bonchev–Trinajstić information content (AvgIpc) is 2.80. The normalized spacial score (nSPS) is 11.0. The van der Waals surface area contributed by atoms with Gasteiger partial charge in [0.1, 0.15) is 6.54 Å². The fourth-order valence-electron chi connectivity index (χ4n) is 3.16. The van der Waals surface area contributed by atoms with Gasteiger partial charge in [-0.3, -0.25) is 9.10 Å². The number of sulfonamides is 1. The lowest BCUT2D eigenvalue weighted by molar-refractivity contribution is -0.114. The number of hydrogen-bond acceptors (Lipinski definition) is 5. The Hall–Kier alpha value is -3.36. The van der Waals surface area contributed by atoms with Gasteiger partial charge in [0, 0.05) is 10.7 Å². The lowest BCUT2D eigenvalue weighted by Crippen LogP contribution is -2.38. The van der Waals surface area contributed by atoms with E-state index in [0.717, 1.165) is 4.31 Å². The molecular formula is C24H23ClN2O5S. The quantitative estimate of drug-likeness (QED) is 0.467. The van der Waals surface area contributed by atoms with Crippen LogP contribution >= 0.6 is 11.6 Å². The summed E-state index contributed by atoms with van der Waals surface area (Å²) in [6.07, 6.45) is 0. The van der Waals surface area contributed by atoms with E-state index < -0.39 is 28.4 Å². The number of amides is 1. The molecule has 0 saturated carbocycles. The van der Waals surface area contributed by atoms with Crippen LogP contribution in [0.3, 0.4) is 0 Å². The first-order valence-electron chi connectivity index (χ1n) is 10.1. The maximum Gasteiger partial charge on any atom is 0.338 e. The molecule has 33 heavy (non-hydrogen) atoms. The Bertz CT molecular complexity index is 1250. The maximum atomic E-state index is 13.3. The second-order valence-electron chi connectivity index (χ2n) is 7.05. The number of carbonyl (C=O) groups is 2. The molecule has 0 unspecified atom stereocenters. The highest BCUT2D eigenvalue weighted by Gasteiger charge is 2.27. The van der Waals surface area contributed by atoms with Gasteiger partial charge in [0.2, 0.25) is 5.91 Å². The van der Waals surface area contributed by atoms with Gasteiger partial charge in [0.25, 0.3) is 10.0 Å². The van der Waals surface area contributed by atoms with Crippen LogP contribution in [0.4, 0.5) is 11.4 Å². The van der Waals surface area contributed by atoms with Crippen molar-refractivity contribution < 1.29 is 22.7 Å². The van der Waals surface area contributed by atoms with E-state index in [4.69, 9.17) is 16.3 Å². The van der Waals surface area contributed by atoms with E-state index in [9.17, 15) is 18.0 Å². The molecule has 0 spiro atoms. The summed E-state index contributed by atoms with van der Waals surface area (Å²) in [7, 11) is -4.04. The molecule has 0 atom stereocenters. The van der Waals surface area contributed by atoms with E-state index in [1.165, 1.54) is 24.3 Å². The van der Waals surface area contributed by atoms with Crippen LogP contribution in [0.15, 0.2) is 77.7 Å². The maximum absolute atomic E-state index is 13.3. The fourth-order valence-corrected chi connectivity index (χ4v) is 4.73. The number of nitrogens with one attached hydrogen (secondary N) is 1. The van der Waals surface area contributed by atoms with Crippen molar-refractivity contribution in [1.29, 1.82) is 0 Å². The van der Waals surface area contributed by atoms with Crippen LogP contribution in [0.25, 0.3) is 0 Å². The van der Waals surface area contributed by atoms with Crippen LogP contribution in [-0.4, -0.2) is 33.4 Å². The number of esters is 1. The molecule has 0 radical (unpaired) electrons. The topological polar surface area (TPSA) is 92.8 Å². The van der Waals surface area contributed by atoms with Gasteiger partial charge < -0.3 is 10.1 Å².